The number of hydrogen-bond donors (Lipinski definition) is 2. The van der Waals surface area contributed by atoms with Gasteiger partial charge in [-0.15, -0.1) is 11.3 Å². The number of amides is 1. The van der Waals surface area contributed by atoms with Crippen molar-refractivity contribution in [3.63, 3.8) is 0 Å². The molecule has 4 aromatic rings. The lowest BCUT2D eigenvalue weighted by atomic mass is 10.1. The molecule has 0 aliphatic rings. The Balaban J connectivity index is 1.55. The number of fused-ring (bicyclic) bond motifs is 1. The van der Waals surface area contributed by atoms with E-state index in [2.05, 4.69) is 74.0 Å². The molecule has 2 N–H and O–H groups in total. The van der Waals surface area contributed by atoms with Crippen LogP contribution < -0.4 is 5.32 Å². The Bertz CT molecular complexity index is 1490. The van der Waals surface area contributed by atoms with Crippen LogP contribution in [0.5, 0.6) is 0 Å². The Morgan fingerprint density at radius 2 is 1.57 bits per heavy atom. The van der Waals surface area contributed by atoms with Crippen LogP contribution in [-0.2, 0) is 0 Å². The fourth-order valence-corrected chi connectivity index (χ4v) is 7.59. The van der Waals surface area contributed by atoms with E-state index < -0.39 is 11.9 Å². The van der Waals surface area contributed by atoms with Crippen LogP contribution in [0.15, 0.2) is 70.8 Å². The topological polar surface area (TPSA) is 96.4 Å². The number of nitrogens with zero attached hydrogens (tertiary/aromatic N) is 1. The number of benzene rings is 3. The summed E-state index contributed by atoms with van der Waals surface area (Å²) >= 11 is 16.0. The van der Waals surface area contributed by atoms with Gasteiger partial charge in [0.2, 0.25) is 0 Å². The molecule has 0 atom stereocenters. The Morgan fingerprint density at radius 1 is 0.914 bits per heavy atom. The van der Waals surface area contributed by atoms with Crippen LogP contribution in [0.2, 0.25) is 0 Å². The van der Waals surface area contributed by atoms with Gasteiger partial charge in [-0.25, -0.2) is 9.78 Å². The zero-order chi connectivity index (χ0) is 25.3. The van der Waals surface area contributed by atoms with Crippen LogP contribution in [-0.4, -0.2) is 33.5 Å². The molecule has 1 aromatic heterocycles. The summed E-state index contributed by atoms with van der Waals surface area (Å²) in [5.74, 6) is -1.54. The maximum Gasteiger partial charge on any atom is 0.337 e. The summed E-state index contributed by atoms with van der Waals surface area (Å²) < 4.78 is 3.10. The molecule has 0 aliphatic carbocycles. The number of carboxylic acids is 1. The molecule has 0 fully saturated rings. The molecule has 1 heterocycles. The van der Waals surface area contributed by atoms with Gasteiger partial charge in [0.05, 0.1) is 27.1 Å². The summed E-state index contributed by atoms with van der Waals surface area (Å²) in [6.45, 7) is 0. The van der Waals surface area contributed by atoms with Gasteiger partial charge < -0.3 is 10.4 Å². The maximum atomic E-state index is 13.1. The van der Waals surface area contributed by atoms with E-state index in [1.165, 1.54) is 23.1 Å². The SMILES string of the molecule is O=C(CSc1nc2ccc(NC(=O)c3c(Br)c(Br)c(Br)c(Br)c3C(=O)O)cc2s1)c1ccccc1. The van der Waals surface area contributed by atoms with E-state index in [1.54, 1.807) is 30.3 Å². The quantitative estimate of drug-likeness (QED) is 0.0852. The van der Waals surface area contributed by atoms with Gasteiger partial charge in [-0.1, -0.05) is 42.1 Å². The summed E-state index contributed by atoms with van der Waals surface area (Å²) in [7, 11) is 0. The number of rotatable bonds is 7. The van der Waals surface area contributed by atoms with Crippen LogP contribution in [0.1, 0.15) is 31.1 Å². The Kier molecular flexibility index (Phi) is 8.49. The monoisotopic (exact) mass is 760 g/mol. The molecule has 0 aliphatic heterocycles. The van der Waals surface area contributed by atoms with Crippen LogP contribution in [0.25, 0.3) is 10.2 Å². The normalized spacial score (nSPS) is 11.0. The third kappa shape index (κ3) is 5.72. The first-order chi connectivity index (χ1) is 16.7. The molecule has 6 nitrogen and oxygen atoms in total. The standard InChI is InChI=1S/C23H12Br4N2O4S2/c24-17-15(16(22(32)33)18(25)20(27)19(17)26)21(31)28-11-6-7-12-14(8-11)35-23(29-12)34-9-13(30)10-4-2-1-3-5-10/h1-8H,9H2,(H,28,31)(H,32,33). The summed E-state index contributed by atoms with van der Waals surface area (Å²) in [5, 5.41) is 12.5. The van der Waals surface area contributed by atoms with Crippen molar-refractivity contribution in [3.05, 3.63) is 83.1 Å². The van der Waals surface area contributed by atoms with Crippen molar-refractivity contribution in [2.45, 2.75) is 4.34 Å². The molecule has 1 amide bonds. The number of nitrogens with one attached hydrogen (secondary N) is 1. The van der Waals surface area contributed by atoms with Crippen molar-refractivity contribution < 1.29 is 19.5 Å². The minimum Gasteiger partial charge on any atom is -0.478 e. The predicted octanol–water partition coefficient (Wildman–Crippen LogP) is 8.27. The number of carboxylic acid groups (broad SMARTS) is 1. The molecule has 0 radical (unpaired) electrons. The van der Waals surface area contributed by atoms with Crippen molar-refractivity contribution in [2.75, 3.05) is 11.1 Å². The van der Waals surface area contributed by atoms with E-state index >= 15 is 0 Å². The average Bonchev–Trinajstić information content (AvgIpc) is 3.25. The van der Waals surface area contributed by atoms with Gasteiger partial charge in [0, 0.05) is 29.1 Å². The highest BCUT2D eigenvalue weighted by molar-refractivity contribution is 9.15. The Morgan fingerprint density at radius 3 is 2.23 bits per heavy atom. The van der Waals surface area contributed by atoms with Gasteiger partial charge in [0.25, 0.3) is 5.91 Å². The molecule has 0 spiro atoms. The molecule has 178 valence electrons. The van der Waals surface area contributed by atoms with Gasteiger partial charge in [0.15, 0.2) is 10.1 Å². The molecule has 0 saturated carbocycles. The highest BCUT2D eigenvalue weighted by Crippen LogP contribution is 2.42. The molecule has 4 rings (SSSR count). The Hall–Kier alpha value is -1.57. The molecular weight excluding hydrogens is 752 g/mol. The maximum absolute atomic E-state index is 13.1. The number of anilines is 1. The predicted molar refractivity (Wildman–Crippen MR) is 153 cm³/mol. The molecule has 0 unspecified atom stereocenters. The molecule has 0 saturated heterocycles. The molecule has 35 heavy (non-hydrogen) atoms. The number of carbonyl (C=O) groups excluding carboxylic acids is 2. The zero-order valence-electron chi connectivity index (χ0n) is 17.3. The first kappa shape index (κ1) is 26.5. The average molecular weight is 764 g/mol. The second kappa shape index (κ2) is 11.2. The first-order valence-corrected chi connectivity index (χ1v) is 14.7. The van der Waals surface area contributed by atoms with Gasteiger partial charge in [-0.05, 0) is 81.9 Å². The number of thiazole rings is 1. The number of carbonyl (C=O) groups is 3. The van der Waals surface area contributed by atoms with Crippen LogP contribution in [0.4, 0.5) is 5.69 Å². The molecule has 3 aromatic carbocycles. The summed E-state index contributed by atoms with van der Waals surface area (Å²) in [5.41, 5.74) is 1.68. The van der Waals surface area contributed by atoms with Crippen LogP contribution >= 0.6 is 86.8 Å². The summed E-state index contributed by atoms with van der Waals surface area (Å²) in [6, 6.07) is 14.3. The third-order valence-corrected chi connectivity index (χ3v) is 11.7. The second-order valence-electron chi connectivity index (χ2n) is 7.01. The van der Waals surface area contributed by atoms with Crippen molar-refractivity contribution in [1.29, 1.82) is 0 Å². The van der Waals surface area contributed by atoms with Crippen molar-refractivity contribution in [1.82, 2.24) is 4.98 Å². The van der Waals surface area contributed by atoms with Crippen molar-refractivity contribution in [2.24, 2.45) is 0 Å². The Labute approximate surface area is 241 Å². The fourth-order valence-electron chi connectivity index (χ4n) is 3.12. The van der Waals surface area contributed by atoms with Crippen molar-refractivity contribution >= 4 is 120 Å². The number of aromatic carboxylic acids is 1. The lowest BCUT2D eigenvalue weighted by molar-refractivity contribution is 0.0691. The van der Waals surface area contributed by atoms with E-state index in [9.17, 15) is 19.5 Å². The van der Waals surface area contributed by atoms with E-state index in [0.29, 0.717) is 24.7 Å². The van der Waals surface area contributed by atoms with E-state index in [0.717, 1.165) is 14.6 Å². The number of hydrogen-bond acceptors (Lipinski definition) is 6. The van der Waals surface area contributed by atoms with Crippen LogP contribution in [0, 0.1) is 0 Å². The number of Topliss-reactive ketones (excluding diaryl/α,β-unsaturated/α-hetero) is 1. The van der Waals surface area contributed by atoms with Gasteiger partial charge >= 0.3 is 5.97 Å². The van der Waals surface area contributed by atoms with Gasteiger partial charge in [0.1, 0.15) is 0 Å². The highest BCUT2D eigenvalue weighted by Gasteiger charge is 2.28. The zero-order valence-corrected chi connectivity index (χ0v) is 25.3. The number of aromatic nitrogens is 1. The number of halogens is 4. The molecule has 12 heteroatoms. The van der Waals surface area contributed by atoms with E-state index in [4.69, 9.17) is 0 Å². The lowest BCUT2D eigenvalue weighted by Crippen LogP contribution is -2.18. The third-order valence-electron chi connectivity index (χ3n) is 4.76. The van der Waals surface area contributed by atoms with Crippen LogP contribution in [0.3, 0.4) is 0 Å². The fraction of sp³-hybridized carbons (Fsp3) is 0.0435. The smallest absolute Gasteiger partial charge is 0.337 e. The molecular formula is C23H12Br4N2O4S2. The van der Waals surface area contributed by atoms with E-state index in [-0.39, 0.29) is 27.1 Å². The van der Waals surface area contributed by atoms with E-state index in [1.807, 2.05) is 18.2 Å². The molecule has 0 bridgehead atoms. The first-order valence-electron chi connectivity index (χ1n) is 9.69. The van der Waals surface area contributed by atoms with Gasteiger partial charge in [-0.3, -0.25) is 9.59 Å². The summed E-state index contributed by atoms with van der Waals surface area (Å²) in [4.78, 5) is 41.9. The highest BCUT2D eigenvalue weighted by atomic mass is 79.9. The largest absolute Gasteiger partial charge is 0.478 e. The number of ketones is 1. The lowest BCUT2D eigenvalue weighted by Gasteiger charge is -2.14. The summed E-state index contributed by atoms with van der Waals surface area (Å²) in [6.07, 6.45) is 0. The number of thioether (sulfide) groups is 1. The minimum atomic E-state index is -1.25. The van der Waals surface area contributed by atoms with Gasteiger partial charge in [-0.2, -0.15) is 0 Å². The second-order valence-corrected chi connectivity index (χ2v) is 12.4. The minimum absolute atomic E-state index is 0.0226. The van der Waals surface area contributed by atoms with Crippen molar-refractivity contribution in [3.8, 4) is 0 Å².